The molecule has 0 aliphatic carbocycles. The van der Waals surface area contributed by atoms with E-state index in [0.717, 1.165) is 50.8 Å². The van der Waals surface area contributed by atoms with Gasteiger partial charge < -0.3 is 10.2 Å². The molecule has 1 heterocycles. The summed E-state index contributed by atoms with van der Waals surface area (Å²) in [6.45, 7) is 6.48. The Bertz CT molecular complexity index is 718. The summed E-state index contributed by atoms with van der Waals surface area (Å²) in [5, 5.41) is 7.66. The largest absolute Gasteiger partial charge is 0.352 e. The van der Waals surface area contributed by atoms with E-state index in [0.29, 0.717) is 12.6 Å². The molecule has 1 aromatic rings. The van der Waals surface area contributed by atoms with Crippen LogP contribution < -0.4 is 10.5 Å². The Morgan fingerprint density at radius 3 is 2.56 bits per heavy atom. The molecule has 1 fully saturated rings. The predicted octanol–water partition coefficient (Wildman–Crippen LogP) is 0.229. The quantitative estimate of drug-likeness (QED) is 0.745. The number of carbonyl (C=O) groups excluding carboxylic acids is 1. The van der Waals surface area contributed by atoms with Crippen LogP contribution in [0.25, 0.3) is 0 Å². The summed E-state index contributed by atoms with van der Waals surface area (Å²) in [6.07, 6.45) is 0.728. The molecule has 2 rings (SSSR count). The van der Waals surface area contributed by atoms with E-state index in [1.165, 1.54) is 0 Å². The minimum atomic E-state index is -3.99. The standard InChI is InChI=1S/C16H25FN4O3S/c1-12(21-9-7-20(2)8-10-21)5-6-19-16(22)14-11-13(25(18,23)24)3-4-15(14)17/h3-4,11-12H,5-10H2,1-2H3,(H,19,22)(H2,18,23,24)/t12-/m1/s1. The number of likely N-dealkylation sites (N-methyl/N-ethyl adjacent to an activating group) is 1. The summed E-state index contributed by atoms with van der Waals surface area (Å²) in [5.41, 5.74) is -0.321. The van der Waals surface area contributed by atoms with Crippen LogP contribution in [-0.2, 0) is 10.0 Å². The lowest BCUT2D eigenvalue weighted by molar-refractivity contribution is 0.0931. The summed E-state index contributed by atoms with van der Waals surface area (Å²) >= 11 is 0. The normalized spacial score (nSPS) is 18.1. The zero-order valence-electron chi connectivity index (χ0n) is 14.5. The predicted molar refractivity (Wildman–Crippen MR) is 93.3 cm³/mol. The third-order valence-electron chi connectivity index (χ3n) is 4.52. The lowest BCUT2D eigenvalue weighted by Gasteiger charge is -2.36. The van der Waals surface area contributed by atoms with Gasteiger partial charge in [-0.1, -0.05) is 0 Å². The number of primary sulfonamides is 1. The maximum Gasteiger partial charge on any atom is 0.254 e. The molecule has 3 N–H and O–H groups in total. The van der Waals surface area contributed by atoms with Crippen LogP contribution >= 0.6 is 0 Å². The Hall–Kier alpha value is -1.55. The second-order valence-electron chi connectivity index (χ2n) is 6.42. The fraction of sp³-hybridized carbons (Fsp3) is 0.562. The van der Waals surface area contributed by atoms with Crippen molar-refractivity contribution >= 4 is 15.9 Å². The van der Waals surface area contributed by atoms with Crippen LogP contribution in [0.5, 0.6) is 0 Å². The number of nitrogens with two attached hydrogens (primary N) is 1. The highest BCUT2D eigenvalue weighted by molar-refractivity contribution is 7.89. The van der Waals surface area contributed by atoms with Crippen molar-refractivity contribution in [3.8, 4) is 0 Å². The minimum absolute atomic E-state index is 0.287. The van der Waals surface area contributed by atoms with Gasteiger partial charge in [0.05, 0.1) is 10.5 Å². The van der Waals surface area contributed by atoms with E-state index >= 15 is 0 Å². The van der Waals surface area contributed by atoms with E-state index in [-0.39, 0.29) is 10.5 Å². The molecular formula is C16H25FN4O3S. The average molecular weight is 372 g/mol. The molecular weight excluding hydrogens is 347 g/mol. The van der Waals surface area contributed by atoms with Gasteiger partial charge in [-0.25, -0.2) is 17.9 Å². The van der Waals surface area contributed by atoms with Crippen molar-refractivity contribution in [1.82, 2.24) is 15.1 Å². The summed E-state index contributed by atoms with van der Waals surface area (Å²) in [7, 11) is -1.90. The molecule has 0 spiro atoms. The van der Waals surface area contributed by atoms with Crippen molar-refractivity contribution < 1.29 is 17.6 Å². The van der Waals surface area contributed by atoms with E-state index in [1.807, 2.05) is 0 Å². The van der Waals surface area contributed by atoms with Crippen LogP contribution in [0.2, 0.25) is 0 Å². The molecule has 1 saturated heterocycles. The first-order valence-electron chi connectivity index (χ1n) is 8.21. The molecule has 1 aliphatic heterocycles. The van der Waals surface area contributed by atoms with Crippen molar-refractivity contribution in [2.45, 2.75) is 24.3 Å². The minimum Gasteiger partial charge on any atom is -0.352 e. The van der Waals surface area contributed by atoms with Gasteiger partial charge in [0, 0.05) is 38.8 Å². The van der Waals surface area contributed by atoms with Crippen molar-refractivity contribution in [1.29, 1.82) is 0 Å². The van der Waals surface area contributed by atoms with Gasteiger partial charge in [-0.05, 0) is 38.6 Å². The average Bonchev–Trinajstić information content (AvgIpc) is 2.54. The first-order chi connectivity index (χ1) is 11.7. The van der Waals surface area contributed by atoms with Gasteiger partial charge in [-0.2, -0.15) is 0 Å². The molecule has 1 amide bonds. The molecule has 1 aliphatic rings. The van der Waals surface area contributed by atoms with Crippen LogP contribution in [0.4, 0.5) is 4.39 Å². The first kappa shape index (κ1) is 19.8. The topological polar surface area (TPSA) is 95.7 Å². The van der Waals surface area contributed by atoms with E-state index in [9.17, 15) is 17.6 Å². The SMILES string of the molecule is C[C@H](CCNC(=O)c1cc(S(N)(=O)=O)ccc1F)N1CCN(C)CC1. The Kier molecular flexibility index (Phi) is 6.50. The highest BCUT2D eigenvalue weighted by Crippen LogP contribution is 2.14. The third-order valence-corrected chi connectivity index (χ3v) is 5.43. The Balaban J connectivity index is 1.90. The van der Waals surface area contributed by atoms with Crippen molar-refractivity contribution in [3.05, 3.63) is 29.6 Å². The number of benzene rings is 1. The number of rotatable bonds is 6. The Morgan fingerprint density at radius 1 is 1.32 bits per heavy atom. The monoisotopic (exact) mass is 372 g/mol. The fourth-order valence-electron chi connectivity index (χ4n) is 2.79. The molecule has 140 valence electrons. The number of nitrogens with one attached hydrogen (secondary N) is 1. The van der Waals surface area contributed by atoms with Crippen molar-refractivity contribution in [3.63, 3.8) is 0 Å². The van der Waals surface area contributed by atoms with Crippen molar-refractivity contribution in [2.24, 2.45) is 5.14 Å². The van der Waals surface area contributed by atoms with Crippen LogP contribution in [0, 0.1) is 5.82 Å². The summed E-state index contributed by atoms with van der Waals surface area (Å²) in [4.78, 5) is 16.5. The number of hydrogen-bond donors (Lipinski definition) is 2. The van der Waals surface area contributed by atoms with Gasteiger partial charge >= 0.3 is 0 Å². The number of piperazine rings is 1. The van der Waals surface area contributed by atoms with E-state index in [1.54, 1.807) is 0 Å². The molecule has 0 unspecified atom stereocenters. The smallest absolute Gasteiger partial charge is 0.254 e. The molecule has 0 radical (unpaired) electrons. The van der Waals surface area contributed by atoms with Crippen LogP contribution in [0.15, 0.2) is 23.1 Å². The van der Waals surface area contributed by atoms with Gasteiger partial charge in [0.15, 0.2) is 0 Å². The second-order valence-corrected chi connectivity index (χ2v) is 7.98. The van der Waals surface area contributed by atoms with Crippen LogP contribution in [-0.4, -0.2) is 69.9 Å². The Morgan fingerprint density at radius 2 is 1.96 bits per heavy atom. The number of amides is 1. The maximum atomic E-state index is 13.8. The molecule has 9 heteroatoms. The highest BCUT2D eigenvalue weighted by Gasteiger charge is 2.20. The van der Waals surface area contributed by atoms with E-state index < -0.39 is 21.7 Å². The van der Waals surface area contributed by atoms with Crippen LogP contribution in [0.3, 0.4) is 0 Å². The summed E-state index contributed by atoms with van der Waals surface area (Å²) < 4.78 is 36.5. The summed E-state index contributed by atoms with van der Waals surface area (Å²) in [6, 6.07) is 3.23. The van der Waals surface area contributed by atoms with Crippen LogP contribution in [0.1, 0.15) is 23.7 Å². The zero-order valence-corrected chi connectivity index (χ0v) is 15.4. The molecule has 1 aromatic carbocycles. The first-order valence-corrected chi connectivity index (χ1v) is 9.76. The number of carbonyl (C=O) groups is 1. The highest BCUT2D eigenvalue weighted by atomic mass is 32.2. The molecule has 0 bridgehead atoms. The lowest BCUT2D eigenvalue weighted by atomic mass is 10.1. The Labute approximate surface area is 148 Å². The van der Waals surface area contributed by atoms with Gasteiger partial charge in [0.25, 0.3) is 5.91 Å². The van der Waals surface area contributed by atoms with Gasteiger partial charge in [-0.15, -0.1) is 0 Å². The summed E-state index contributed by atoms with van der Waals surface area (Å²) in [5.74, 6) is -1.43. The fourth-order valence-corrected chi connectivity index (χ4v) is 3.33. The van der Waals surface area contributed by atoms with Gasteiger partial charge in [0.1, 0.15) is 5.82 Å². The molecule has 7 nitrogen and oxygen atoms in total. The maximum absolute atomic E-state index is 13.8. The number of hydrogen-bond acceptors (Lipinski definition) is 5. The van der Waals surface area contributed by atoms with Crippen molar-refractivity contribution in [2.75, 3.05) is 39.8 Å². The third kappa shape index (κ3) is 5.46. The van der Waals surface area contributed by atoms with Gasteiger partial charge in [-0.3, -0.25) is 9.69 Å². The van der Waals surface area contributed by atoms with E-state index in [4.69, 9.17) is 5.14 Å². The second kappa shape index (κ2) is 8.22. The molecule has 0 saturated carbocycles. The molecule has 1 atom stereocenters. The van der Waals surface area contributed by atoms with E-state index in [2.05, 4.69) is 29.1 Å². The molecule has 0 aromatic heterocycles. The number of nitrogens with zero attached hydrogens (tertiary/aromatic N) is 2. The molecule has 25 heavy (non-hydrogen) atoms. The van der Waals surface area contributed by atoms with Gasteiger partial charge in [0.2, 0.25) is 10.0 Å². The number of halogens is 1. The number of sulfonamides is 1. The zero-order chi connectivity index (χ0) is 18.6. The lowest BCUT2D eigenvalue weighted by Crippen LogP contribution is -2.48.